The highest BCUT2D eigenvalue weighted by Gasteiger charge is 2.26. The molecule has 4 rings (SSSR count). The number of halogens is 1. The second kappa shape index (κ2) is 8.10. The maximum atomic E-state index is 13.3. The van der Waals surface area contributed by atoms with Gasteiger partial charge in [0.05, 0.1) is 6.20 Å². The molecule has 148 valence electrons. The molecule has 28 heavy (non-hydrogen) atoms. The van der Waals surface area contributed by atoms with Crippen molar-refractivity contribution in [3.8, 4) is 0 Å². The van der Waals surface area contributed by atoms with Crippen molar-refractivity contribution in [1.29, 1.82) is 0 Å². The maximum absolute atomic E-state index is 13.3. The number of nitrogens with zero attached hydrogens (tertiary/aromatic N) is 5. The zero-order valence-electron chi connectivity index (χ0n) is 16.1. The van der Waals surface area contributed by atoms with Crippen LogP contribution in [0.3, 0.4) is 0 Å². The van der Waals surface area contributed by atoms with Crippen molar-refractivity contribution in [3.05, 3.63) is 47.5 Å². The minimum absolute atomic E-state index is 0.224. The molecule has 0 aliphatic carbocycles. The summed E-state index contributed by atoms with van der Waals surface area (Å²) >= 11 is 0. The van der Waals surface area contributed by atoms with Gasteiger partial charge in [0.2, 0.25) is 0 Å². The monoisotopic (exact) mass is 384 g/mol. The zero-order valence-corrected chi connectivity index (χ0v) is 16.1. The number of aromatic nitrogens is 2. The normalized spacial score (nSPS) is 16.9. The number of nitrogens with one attached hydrogen (secondary N) is 1. The van der Waals surface area contributed by atoms with Crippen molar-refractivity contribution >= 4 is 17.7 Å². The van der Waals surface area contributed by atoms with Crippen LogP contribution < -0.4 is 15.1 Å². The molecule has 0 unspecified atom stereocenters. The molecular formula is C20H25FN6O. The fourth-order valence-corrected chi connectivity index (χ4v) is 3.71. The lowest BCUT2D eigenvalue weighted by Gasteiger charge is -2.34. The Labute approximate surface area is 164 Å². The lowest BCUT2D eigenvalue weighted by atomic mass is 10.2. The summed E-state index contributed by atoms with van der Waals surface area (Å²) in [6, 6.07) is 5.23. The Balaban J connectivity index is 1.32. The maximum Gasteiger partial charge on any atom is 0.323 e. The molecule has 2 aliphatic rings. The quantitative estimate of drug-likeness (QED) is 0.874. The van der Waals surface area contributed by atoms with E-state index in [1.165, 1.54) is 6.07 Å². The molecule has 1 N–H and O–H groups in total. The molecular weight excluding hydrogens is 359 g/mol. The molecule has 0 atom stereocenters. The van der Waals surface area contributed by atoms with E-state index in [4.69, 9.17) is 0 Å². The largest absolute Gasteiger partial charge is 0.354 e. The topological polar surface area (TPSA) is 64.6 Å². The second-order valence-electron chi connectivity index (χ2n) is 7.14. The predicted molar refractivity (Wildman–Crippen MR) is 106 cm³/mol. The summed E-state index contributed by atoms with van der Waals surface area (Å²) in [6.45, 7) is 8.27. The van der Waals surface area contributed by atoms with E-state index in [2.05, 4.69) is 32.0 Å². The highest BCUT2D eigenvalue weighted by atomic mass is 19.1. The Morgan fingerprint density at radius 1 is 1.14 bits per heavy atom. The van der Waals surface area contributed by atoms with Crippen LogP contribution in [0.1, 0.15) is 18.1 Å². The van der Waals surface area contributed by atoms with E-state index in [1.54, 1.807) is 4.90 Å². The fraction of sp³-hybridized carbons (Fsp3) is 0.450. The lowest BCUT2D eigenvalue weighted by molar-refractivity contribution is 0.246. The standard InChI is InChI=1S/C20H25FN6O/c1-2-25-7-9-26(10-8-25)18-4-3-15(12-22-18)13-24-20(28)27-6-5-16-11-17(21)14-23-19(16)27/h3-4,11-12,14H,2,5-10,13H2,1H3,(H,24,28). The molecule has 1 saturated heterocycles. The number of urea groups is 1. The highest BCUT2D eigenvalue weighted by molar-refractivity contribution is 5.92. The average molecular weight is 384 g/mol. The molecule has 0 bridgehead atoms. The van der Waals surface area contributed by atoms with Crippen LogP contribution in [0, 0.1) is 5.82 Å². The van der Waals surface area contributed by atoms with Gasteiger partial charge < -0.3 is 15.1 Å². The number of piperazine rings is 1. The van der Waals surface area contributed by atoms with E-state index in [9.17, 15) is 9.18 Å². The van der Waals surface area contributed by atoms with Crippen molar-refractivity contribution in [3.63, 3.8) is 0 Å². The molecule has 1 fully saturated rings. The van der Waals surface area contributed by atoms with Crippen LogP contribution in [-0.2, 0) is 13.0 Å². The molecule has 4 heterocycles. The molecule has 0 saturated carbocycles. The first-order chi connectivity index (χ1) is 13.6. The van der Waals surface area contributed by atoms with Gasteiger partial charge in [0.25, 0.3) is 0 Å². The van der Waals surface area contributed by atoms with Crippen molar-refractivity contribution < 1.29 is 9.18 Å². The van der Waals surface area contributed by atoms with Gasteiger partial charge in [0, 0.05) is 45.5 Å². The summed E-state index contributed by atoms with van der Waals surface area (Å²) in [7, 11) is 0. The number of carbonyl (C=O) groups excluding carboxylic acids is 1. The number of likely N-dealkylation sites (N-methyl/N-ethyl adjacent to an activating group) is 1. The molecule has 2 aromatic heterocycles. The Bertz CT molecular complexity index is 835. The van der Waals surface area contributed by atoms with Gasteiger partial charge in [-0.25, -0.2) is 19.2 Å². The Morgan fingerprint density at radius 3 is 2.68 bits per heavy atom. The Morgan fingerprint density at radius 2 is 1.96 bits per heavy atom. The summed E-state index contributed by atoms with van der Waals surface area (Å²) in [5, 5.41) is 2.90. The summed E-state index contributed by atoms with van der Waals surface area (Å²) in [5.41, 5.74) is 1.71. The number of rotatable bonds is 4. The van der Waals surface area contributed by atoms with E-state index in [-0.39, 0.29) is 11.8 Å². The molecule has 2 aliphatic heterocycles. The molecule has 0 aromatic carbocycles. The van der Waals surface area contributed by atoms with Crippen LogP contribution in [0.15, 0.2) is 30.6 Å². The Kier molecular flexibility index (Phi) is 5.38. The van der Waals surface area contributed by atoms with Crippen LogP contribution in [-0.4, -0.2) is 60.2 Å². The number of anilines is 2. The third kappa shape index (κ3) is 3.91. The molecule has 0 spiro atoms. The number of fused-ring (bicyclic) bond motifs is 1. The lowest BCUT2D eigenvalue weighted by Crippen LogP contribution is -2.46. The molecule has 8 heteroatoms. The van der Waals surface area contributed by atoms with Gasteiger partial charge >= 0.3 is 6.03 Å². The van der Waals surface area contributed by atoms with Gasteiger partial charge in [-0.05, 0) is 36.2 Å². The van der Waals surface area contributed by atoms with Crippen LogP contribution in [0.5, 0.6) is 0 Å². The number of carbonyl (C=O) groups is 1. The van der Waals surface area contributed by atoms with E-state index < -0.39 is 0 Å². The first-order valence-corrected chi connectivity index (χ1v) is 9.76. The smallest absolute Gasteiger partial charge is 0.323 e. The Hall–Kier alpha value is -2.74. The van der Waals surface area contributed by atoms with Gasteiger partial charge in [-0.1, -0.05) is 13.0 Å². The minimum atomic E-state index is -0.372. The number of amides is 2. The summed E-state index contributed by atoms with van der Waals surface area (Å²) in [4.78, 5) is 27.4. The van der Waals surface area contributed by atoms with Gasteiger partial charge in [0.15, 0.2) is 0 Å². The molecule has 7 nitrogen and oxygen atoms in total. The number of hydrogen-bond acceptors (Lipinski definition) is 5. The van der Waals surface area contributed by atoms with E-state index >= 15 is 0 Å². The molecule has 0 radical (unpaired) electrons. The average Bonchev–Trinajstić information content (AvgIpc) is 3.15. The molecule has 2 amide bonds. The van der Waals surface area contributed by atoms with Crippen LogP contribution in [0.25, 0.3) is 0 Å². The fourth-order valence-electron chi connectivity index (χ4n) is 3.71. The van der Waals surface area contributed by atoms with Crippen molar-refractivity contribution in [2.45, 2.75) is 19.9 Å². The SMILES string of the molecule is CCN1CCN(c2ccc(CNC(=O)N3CCc4cc(F)cnc43)cn2)CC1. The summed E-state index contributed by atoms with van der Waals surface area (Å²) in [5.74, 6) is 1.15. The van der Waals surface area contributed by atoms with Gasteiger partial charge in [0.1, 0.15) is 17.5 Å². The number of pyridine rings is 2. The highest BCUT2D eigenvalue weighted by Crippen LogP contribution is 2.25. The second-order valence-corrected chi connectivity index (χ2v) is 7.14. The zero-order chi connectivity index (χ0) is 19.5. The van der Waals surface area contributed by atoms with Gasteiger partial charge in [-0.3, -0.25) is 4.90 Å². The molecule has 2 aromatic rings. The summed E-state index contributed by atoms with van der Waals surface area (Å²) in [6.07, 6.45) is 3.58. The summed E-state index contributed by atoms with van der Waals surface area (Å²) < 4.78 is 13.3. The number of hydrogen-bond donors (Lipinski definition) is 1. The van der Waals surface area contributed by atoms with Crippen molar-refractivity contribution in [1.82, 2.24) is 20.2 Å². The van der Waals surface area contributed by atoms with E-state index in [0.717, 1.165) is 55.9 Å². The third-order valence-corrected chi connectivity index (χ3v) is 5.41. The first-order valence-electron chi connectivity index (χ1n) is 9.76. The minimum Gasteiger partial charge on any atom is -0.354 e. The van der Waals surface area contributed by atoms with E-state index in [1.807, 2.05) is 18.3 Å². The third-order valence-electron chi connectivity index (χ3n) is 5.41. The van der Waals surface area contributed by atoms with Crippen LogP contribution in [0.4, 0.5) is 20.8 Å². The van der Waals surface area contributed by atoms with Crippen LogP contribution in [0.2, 0.25) is 0 Å². The predicted octanol–water partition coefficient (Wildman–Crippen LogP) is 2.03. The van der Waals surface area contributed by atoms with Crippen LogP contribution >= 0.6 is 0 Å². The van der Waals surface area contributed by atoms with Gasteiger partial charge in [-0.2, -0.15) is 0 Å². The van der Waals surface area contributed by atoms with Gasteiger partial charge in [-0.15, -0.1) is 0 Å². The van der Waals surface area contributed by atoms with E-state index in [0.29, 0.717) is 25.3 Å². The van der Waals surface area contributed by atoms with Crippen molar-refractivity contribution in [2.24, 2.45) is 0 Å². The van der Waals surface area contributed by atoms with Crippen molar-refractivity contribution in [2.75, 3.05) is 49.1 Å². The first kappa shape index (κ1) is 18.6.